The summed E-state index contributed by atoms with van der Waals surface area (Å²) in [4.78, 5) is 23.8. The van der Waals surface area contributed by atoms with E-state index in [1.54, 1.807) is 24.7 Å². The molecule has 0 saturated heterocycles. The summed E-state index contributed by atoms with van der Waals surface area (Å²) >= 11 is 0. The number of hydrogen-bond acceptors (Lipinski definition) is 4. The van der Waals surface area contributed by atoms with Crippen molar-refractivity contribution in [3.05, 3.63) is 49.2 Å². The van der Waals surface area contributed by atoms with E-state index in [9.17, 15) is 4.79 Å². The molecule has 0 amide bonds. The van der Waals surface area contributed by atoms with Crippen LogP contribution in [0.3, 0.4) is 0 Å². The zero-order valence-electron chi connectivity index (χ0n) is 10.7. The number of carboxylic acid groups (broad SMARTS) is 1. The number of carbonyl (C=O) groups is 1. The van der Waals surface area contributed by atoms with E-state index < -0.39 is 6.09 Å². The number of rotatable bonds is 1. The molecule has 4 heterocycles. The summed E-state index contributed by atoms with van der Waals surface area (Å²) in [5, 5.41) is 9.92. The molecule has 102 valence electrons. The fourth-order valence-corrected chi connectivity index (χ4v) is 2.44. The third-order valence-electron chi connectivity index (χ3n) is 3.36. The van der Waals surface area contributed by atoms with Crippen molar-refractivity contribution in [3.63, 3.8) is 0 Å². The van der Waals surface area contributed by atoms with Gasteiger partial charge >= 0.3 is 6.09 Å². The van der Waals surface area contributed by atoms with Gasteiger partial charge in [0.15, 0.2) is 0 Å². The minimum atomic E-state index is -1.06. The lowest BCUT2D eigenvalue weighted by Gasteiger charge is -2.03. The number of imidazole rings is 1. The molecule has 0 aliphatic heterocycles. The number of pyridine rings is 1. The van der Waals surface area contributed by atoms with Crippen molar-refractivity contribution < 1.29 is 9.90 Å². The molecule has 21 heavy (non-hydrogen) atoms. The Hall–Kier alpha value is -3.22. The normalized spacial score (nSPS) is 11.2. The predicted molar refractivity (Wildman–Crippen MR) is 75.1 cm³/mol. The molecule has 0 fully saturated rings. The fourth-order valence-electron chi connectivity index (χ4n) is 2.44. The molecule has 0 bridgehead atoms. The largest absolute Gasteiger partial charge is 0.464 e. The van der Waals surface area contributed by atoms with Crippen LogP contribution in [0.2, 0.25) is 0 Å². The first-order valence-electron chi connectivity index (χ1n) is 6.23. The first kappa shape index (κ1) is 11.6. The van der Waals surface area contributed by atoms with Gasteiger partial charge in [-0.15, -0.1) is 0 Å². The molecule has 0 spiro atoms. The van der Waals surface area contributed by atoms with Gasteiger partial charge in [0.05, 0.1) is 11.9 Å². The van der Waals surface area contributed by atoms with Crippen molar-refractivity contribution in [2.45, 2.75) is 0 Å². The van der Waals surface area contributed by atoms with Gasteiger partial charge < -0.3 is 5.11 Å². The Morgan fingerprint density at radius 1 is 1.10 bits per heavy atom. The lowest BCUT2D eigenvalue weighted by Crippen LogP contribution is -2.06. The Bertz CT molecular complexity index is 985. The fraction of sp³-hybridized carbons (Fsp3) is 0. The standard InChI is InChI=1S/C14H9N5O2/c20-14(21)19-7-3-10-9(2-5-15-12(10)19)11-8-17-13-16-4-1-6-18(11)13/h1-8H,(H,20,21). The summed E-state index contributed by atoms with van der Waals surface area (Å²) in [5.74, 6) is 0.593. The topological polar surface area (TPSA) is 85.3 Å². The average molecular weight is 279 g/mol. The zero-order chi connectivity index (χ0) is 14.4. The monoisotopic (exact) mass is 279 g/mol. The summed E-state index contributed by atoms with van der Waals surface area (Å²) in [5.41, 5.74) is 2.10. The Labute approximate surface area is 118 Å². The molecule has 0 aliphatic rings. The number of hydrogen-bond donors (Lipinski definition) is 1. The van der Waals surface area contributed by atoms with Crippen LogP contribution in [0, 0.1) is 0 Å². The molecule has 0 aromatic carbocycles. The van der Waals surface area contributed by atoms with Gasteiger partial charge in [-0.05, 0) is 18.2 Å². The average Bonchev–Trinajstić information content (AvgIpc) is 3.11. The summed E-state index contributed by atoms with van der Waals surface area (Å²) in [6.07, 6.45) is 7.28. The minimum Gasteiger partial charge on any atom is -0.464 e. The van der Waals surface area contributed by atoms with Crippen LogP contribution in [0.25, 0.3) is 28.1 Å². The van der Waals surface area contributed by atoms with Crippen LogP contribution in [-0.2, 0) is 0 Å². The number of fused-ring (bicyclic) bond motifs is 2. The van der Waals surface area contributed by atoms with Crippen LogP contribution in [0.5, 0.6) is 0 Å². The van der Waals surface area contributed by atoms with E-state index in [1.165, 1.54) is 6.20 Å². The maximum absolute atomic E-state index is 11.2. The summed E-state index contributed by atoms with van der Waals surface area (Å²) in [6, 6.07) is 5.39. The number of nitrogens with zero attached hydrogens (tertiary/aromatic N) is 5. The molecule has 4 rings (SSSR count). The predicted octanol–water partition coefficient (Wildman–Crippen LogP) is 2.27. The zero-order valence-corrected chi connectivity index (χ0v) is 10.7. The Morgan fingerprint density at radius 2 is 2.00 bits per heavy atom. The quantitative estimate of drug-likeness (QED) is 0.577. The van der Waals surface area contributed by atoms with E-state index in [-0.39, 0.29) is 0 Å². The smallest absolute Gasteiger partial charge is 0.417 e. The van der Waals surface area contributed by atoms with Gasteiger partial charge in [0, 0.05) is 35.7 Å². The minimum absolute atomic E-state index is 0.402. The molecule has 1 N–H and O–H groups in total. The van der Waals surface area contributed by atoms with Crippen molar-refractivity contribution in [1.82, 2.24) is 23.9 Å². The van der Waals surface area contributed by atoms with Crippen molar-refractivity contribution in [1.29, 1.82) is 0 Å². The van der Waals surface area contributed by atoms with Crippen LogP contribution in [0.4, 0.5) is 4.79 Å². The van der Waals surface area contributed by atoms with Gasteiger partial charge in [-0.25, -0.2) is 24.3 Å². The van der Waals surface area contributed by atoms with Crippen molar-refractivity contribution in [2.24, 2.45) is 0 Å². The lowest BCUT2D eigenvalue weighted by atomic mass is 10.1. The molecule has 0 aliphatic carbocycles. The third-order valence-corrected chi connectivity index (χ3v) is 3.36. The van der Waals surface area contributed by atoms with E-state index in [1.807, 2.05) is 22.7 Å². The second-order valence-corrected chi connectivity index (χ2v) is 4.50. The van der Waals surface area contributed by atoms with Crippen LogP contribution in [0.1, 0.15) is 0 Å². The van der Waals surface area contributed by atoms with Gasteiger partial charge in [0.2, 0.25) is 5.78 Å². The second-order valence-electron chi connectivity index (χ2n) is 4.50. The Morgan fingerprint density at radius 3 is 2.86 bits per heavy atom. The summed E-state index contributed by atoms with van der Waals surface area (Å²) in [7, 11) is 0. The Kier molecular flexibility index (Phi) is 2.28. The molecule has 7 heteroatoms. The van der Waals surface area contributed by atoms with Gasteiger partial charge in [-0.3, -0.25) is 4.40 Å². The van der Waals surface area contributed by atoms with Crippen LogP contribution in [0.15, 0.2) is 49.2 Å². The van der Waals surface area contributed by atoms with Crippen LogP contribution in [-0.4, -0.2) is 35.1 Å². The van der Waals surface area contributed by atoms with Gasteiger partial charge in [-0.2, -0.15) is 0 Å². The van der Waals surface area contributed by atoms with E-state index in [4.69, 9.17) is 5.11 Å². The lowest BCUT2D eigenvalue weighted by molar-refractivity contribution is 0.197. The maximum Gasteiger partial charge on any atom is 0.417 e. The molecule has 0 atom stereocenters. The van der Waals surface area contributed by atoms with E-state index in [0.29, 0.717) is 11.4 Å². The molecule has 4 aromatic rings. The molecule has 4 aromatic heterocycles. The number of aromatic nitrogens is 5. The Balaban J connectivity index is 2.05. The summed E-state index contributed by atoms with van der Waals surface area (Å²) in [6.45, 7) is 0. The molecule has 7 nitrogen and oxygen atoms in total. The molecule has 0 unspecified atom stereocenters. The molecular formula is C14H9N5O2. The molecule has 0 radical (unpaired) electrons. The van der Waals surface area contributed by atoms with E-state index >= 15 is 0 Å². The third kappa shape index (κ3) is 1.61. The maximum atomic E-state index is 11.2. The van der Waals surface area contributed by atoms with Gasteiger partial charge in [-0.1, -0.05) is 0 Å². The van der Waals surface area contributed by atoms with Crippen LogP contribution >= 0.6 is 0 Å². The van der Waals surface area contributed by atoms with Crippen LogP contribution < -0.4 is 0 Å². The summed E-state index contributed by atoms with van der Waals surface area (Å²) < 4.78 is 2.95. The highest BCUT2D eigenvalue weighted by Gasteiger charge is 2.14. The van der Waals surface area contributed by atoms with E-state index in [2.05, 4.69) is 15.0 Å². The SMILES string of the molecule is O=C(O)n1ccc2c(-c3cnc4ncccn34)ccnc21. The highest BCUT2D eigenvalue weighted by molar-refractivity contribution is 5.96. The highest BCUT2D eigenvalue weighted by Crippen LogP contribution is 2.28. The van der Waals surface area contributed by atoms with Gasteiger partial charge in [0.1, 0.15) is 5.65 Å². The highest BCUT2D eigenvalue weighted by atomic mass is 16.4. The van der Waals surface area contributed by atoms with Crippen molar-refractivity contribution in [2.75, 3.05) is 0 Å². The van der Waals surface area contributed by atoms with Gasteiger partial charge in [0.25, 0.3) is 0 Å². The molecular weight excluding hydrogens is 270 g/mol. The first-order valence-corrected chi connectivity index (χ1v) is 6.23. The molecule has 0 saturated carbocycles. The first-order chi connectivity index (χ1) is 10.3. The van der Waals surface area contributed by atoms with Crippen molar-refractivity contribution >= 4 is 22.9 Å². The van der Waals surface area contributed by atoms with E-state index in [0.717, 1.165) is 21.2 Å². The second kappa shape index (κ2) is 4.14. The van der Waals surface area contributed by atoms with Crippen molar-refractivity contribution in [3.8, 4) is 11.3 Å².